The van der Waals surface area contributed by atoms with Crippen molar-refractivity contribution >= 4 is 23.5 Å². The van der Waals surface area contributed by atoms with Crippen molar-refractivity contribution in [2.45, 2.75) is 69.8 Å². The molecule has 1 aromatic rings. The van der Waals surface area contributed by atoms with Gasteiger partial charge in [-0.2, -0.15) is 23.5 Å². The van der Waals surface area contributed by atoms with Crippen molar-refractivity contribution < 1.29 is 5.11 Å². The normalized spacial score (nSPS) is 24.6. The summed E-state index contributed by atoms with van der Waals surface area (Å²) in [7, 11) is 0. The van der Waals surface area contributed by atoms with Crippen LogP contribution in [0.1, 0.15) is 69.4 Å². The molecule has 2 atom stereocenters. The van der Waals surface area contributed by atoms with Crippen LogP contribution in [0.5, 0.6) is 0 Å². The minimum Gasteiger partial charge on any atom is -0.396 e. The number of aliphatic hydroxyl groups is 1. The van der Waals surface area contributed by atoms with Crippen molar-refractivity contribution in [1.29, 1.82) is 0 Å². The molecule has 0 radical (unpaired) electrons. The summed E-state index contributed by atoms with van der Waals surface area (Å²) in [6.45, 7) is 2.70. The van der Waals surface area contributed by atoms with Gasteiger partial charge in [-0.05, 0) is 53.7 Å². The van der Waals surface area contributed by atoms with E-state index in [1.165, 1.54) is 67.6 Å². The van der Waals surface area contributed by atoms with Gasteiger partial charge in [-0.1, -0.05) is 63.3 Å². The number of rotatable bonds is 3. The van der Waals surface area contributed by atoms with Gasteiger partial charge in [0.2, 0.25) is 0 Å². The first-order chi connectivity index (χ1) is 12.3. The van der Waals surface area contributed by atoms with Crippen molar-refractivity contribution in [1.82, 2.24) is 0 Å². The molecule has 1 aliphatic heterocycles. The molecule has 0 saturated heterocycles. The lowest BCUT2D eigenvalue weighted by Crippen LogP contribution is -2.07. The van der Waals surface area contributed by atoms with E-state index in [-0.39, 0.29) is 0 Å². The maximum absolute atomic E-state index is 9.35. The Labute approximate surface area is 163 Å². The third-order valence-electron chi connectivity index (χ3n) is 5.33. The molecular weight excluding hydrogens is 344 g/mol. The van der Waals surface area contributed by atoms with E-state index in [1.807, 2.05) is 11.8 Å². The molecule has 0 fully saturated rings. The van der Waals surface area contributed by atoms with Crippen LogP contribution in [0, 0.1) is 11.8 Å². The first kappa shape index (κ1) is 21.2. The van der Waals surface area contributed by atoms with Gasteiger partial charge in [-0.25, -0.2) is 0 Å². The van der Waals surface area contributed by atoms with Crippen LogP contribution in [0.25, 0.3) is 0 Å². The molecule has 1 nitrogen and oxygen atoms in total. The average Bonchev–Trinajstić information content (AvgIpc) is 2.62. The minimum atomic E-state index is 0.343. The lowest BCUT2D eigenvalue weighted by Gasteiger charge is -2.16. The van der Waals surface area contributed by atoms with E-state index in [0.717, 1.165) is 23.8 Å². The third-order valence-corrected chi connectivity index (χ3v) is 7.81. The summed E-state index contributed by atoms with van der Waals surface area (Å²) >= 11 is 4.17. The fourth-order valence-electron chi connectivity index (χ4n) is 3.61. The van der Waals surface area contributed by atoms with E-state index in [9.17, 15) is 5.11 Å². The Kier molecular flexibility index (Phi) is 11.1. The minimum absolute atomic E-state index is 0.343. The van der Waals surface area contributed by atoms with Crippen LogP contribution in [0.2, 0.25) is 0 Å². The molecule has 25 heavy (non-hydrogen) atoms. The van der Waals surface area contributed by atoms with Gasteiger partial charge in [0.15, 0.2) is 0 Å². The number of hydrogen-bond donors (Lipinski definition) is 1. The standard InChI is InChI=1S/C22H36OS2/c1-2-19-8-5-3-4-6-9-20(12-13-23)16-25-18-22-11-7-10-21(14-22)17-24-15-19/h7,10-11,14,19-20,23H,2-6,8-9,12-13,15-18H2,1H3. The van der Waals surface area contributed by atoms with Crippen molar-refractivity contribution in [3.05, 3.63) is 35.4 Å². The summed E-state index contributed by atoms with van der Waals surface area (Å²) in [5.74, 6) is 6.35. The Morgan fingerprint density at radius 1 is 0.920 bits per heavy atom. The van der Waals surface area contributed by atoms with Gasteiger partial charge in [-0.3, -0.25) is 0 Å². The van der Waals surface area contributed by atoms with Crippen LogP contribution < -0.4 is 0 Å². The maximum Gasteiger partial charge on any atom is 0.0433 e. The molecule has 0 aliphatic carbocycles. The van der Waals surface area contributed by atoms with Crippen LogP contribution in [0.4, 0.5) is 0 Å². The molecule has 1 N–H and O–H groups in total. The fraction of sp³-hybridized carbons (Fsp3) is 0.727. The van der Waals surface area contributed by atoms with E-state index in [2.05, 4.69) is 43.0 Å². The highest BCUT2D eigenvalue weighted by Crippen LogP contribution is 2.26. The summed E-state index contributed by atoms with van der Waals surface area (Å²) in [6.07, 6.45) is 10.5. The molecule has 0 saturated carbocycles. The second-order valence-electron chi connectivity index (χ2n) is 7.49. The van der Waals surface area contributed by atoms with E-state index in [0.29, 0.717) is 12.5 Å². The molecule has 0 aromatic heterocycles. The van der Waals surface area contributed by atoms with Crippen molar-refractivity contribution in [3.8, 4) is 0 Å². The molecule has 2 rings (SSSR count). The van der Waals surface area contributed by atoms with Crippen molar-refractivity contribution in [3.63, 3.8) is 0 Å². The Balaban J connectivity index is 1.94. The van der Waals surface area contributed by atoms with Gasteiger partial charge in [0.25, 0.3) is 0 Å². The highest BCUT2D eigenvalue weighted by molar-refractivity contribution is 7.98. The highest BCUT2D eigenvalue weighted by Gasteiger charge is 2.11. The zero-order chi connectivity index (χ0) is 17.7. The smallest absolute Gasteiger partial charge is 0.0433 e. The number of aliphatic hydroxyl groups excluding tert-OH is 1. The zero-order valence-corrected chi connectivity index (χ0v) is 17.6. The van der Waals surface area contributed by atoms with Crippen LogP contribution >= 0.6 is 23.5 Å². The summed E-state index contributed by atoms with van der Waals surface area (Å²) < 4.78 is 0. The van der Waals surface area contributed by atoms with Crippen molar-refractivity contribution in [2.24, 2.45) is 11.8 Å². The van der Waals surface area contributed by atoms with E-state index < -0.39 is 0 Å². The monoisotopic (exact) mass is 380 g/mol. The number of benzene rings is 1. The summed E-state index contributed by atoms with van der Waals surface area (Å²) in [5.41, 5.74) is 2.94. The number of hydrogen-bond acceptors (Lipinski definition) is 3. The van der Waals surface area contributed by atoms with Gasteiger partial charge >= 0.3 is 0 Å². The lowest BCUT2D eigenvalue weighted by molar-refractivity contribution is 0.258. The summed E-state index contributed by atoms with van der Waals surface area (Å²) in [6, 6.07) is 9.18. The van der Waals surface area contributed by atoms with Gasteiger partial charge < -0.3 is 5.11 Å². The predicted molar refractivity (Wildman–Crippen MR) is 115 cm³/mol. The molecule has 3 heteroatoms. The maximum atomic E-state index is 9.35. The molecule has 1 heterocycles. The zero-order valence-electron chi connectivity index (χ0n) is 15.9. The Hall–Kier alpha value is -0.120. The second-order valence-corrected chi connectivity index (χ2v) is 9.55. The van der Waals surface area contributed by atoms with Crippen LogP contribution in [-0.2, 0) is 11.5 Å². The molecule has 2 bridgehead atoms. The second kappa shape index (κ2) is 13.1. The van der Waals surface area contributed by atoms with Crippen LogP contribution in [0.15, 0.2) is 24.3 Å². The van der Waals surface area contributed by atoms with Gasteiger partial charge in [0, 0.05) is 18.1 Å². The van der Waals surface area contributed by atoms with Gasteiger partial charge in [-0.15, -0.1) is 0 Å². The molecule has 1 aromatic carbocycles. The first-order valence-corrected chi connectivity index (χ1v) is 12.5. The van der Waals surface area contributed by atoms with Gasteiger partial charge in [0.05, 0.1) is 0 Å². The summed E-state index contributed by atoms with van der Waals surface area (Å²) in [5, 5.41) is 9.35. The van der Waals surface area contributed by atoms with Crippen LogP contribution in [-0.4, -0.2) is 23.2 Å². The SMILES string of the molecule is CCC1CCCCCCC(CCO)CSCc2cccc(c2)CSC1. The largest absolute Gasteiger partial charge is 0.396 e. The van der Waals surface area contributed by atoms with Crippen molar-refractivity contribution in [2.75, 3.05) is 18.1 Å². The van der Waals surface area contributed by atoms with E-state index >= 15 is 0 Å². The molecular formula is C22H36OS2. The number of fused-ring (bicyclic) bond motifs is 2. The topological polar surface area (TPSA) is 20.2 Å². The Morgan fingerprint density at radius 3 is 2.12 bits per heavy atom. The molecule has 2 unspecified atom stereocenters. The average molecular weight is 381 g/mol. The van der Waals surface area contributed by atoms with E-state index in [4.69, 9.17) is 0 Å². The molecule has 1 aliphatic rings. The first-order valence-electron chi connectivity index (χ1n) is 10.2. The Bertz CT molecular complexity index is 463. The molecule has 0 amide bonds. The van der Waals surface area contributed by atoms with Gasteiger partial charge in [0.1, 0.15) is 0 Å². The Morgan fingerprint density at radius 2 is 1.52 bits per heavy atom. The summed E-state index contributed by atoms with van der Waals surface area (Å²) in [4.78, 5) is 0. The fourth-order valence-corrected chi connectivity index (χ4v) is 6.08. The lowest BCUT2D eigenvalue weighted by atomic mass is 9.97. The number of thioether (sulfide) groups is 2. The molecule has 142 valence electrons. The van der Waals surface area contributed by atoms with Crippen LogP contribution in [0.3, 0.4) is 0 Å². The van der Waals surface area contributed by atoms with E-state index in [1.54, 1.807) is 0 Å². The third kappa shape index (κ3) is 8.88. The highest BCUT2D eigenvalue weighted by atomic mass is 32.2. The predicted octanol–water partition coefficient (Wildman–Crippen LogP) is 6.53. The quantitative estimate of drug-likeness (QED) is 0.643. The molecule has 0 spiro atoms.